The van der Waals surface area contributed by atoms with Gasteiger partial charge in [0.25, 0.3) is 0 Å². The lowest BCUT2D eigenvalue weighted by molar-refractivity contribution is 1.50. The standard InChI is InChI=1S/8C2H6/c8*1-2/h8*1-2H3. The van der Waals surface area contributed by atoms with Crippen LogP contribution in [0.3, 0.4) is 0 Å². The molecule has 0 aromatic rings. The van der Waals surface area contributed by atoms with E-state index in [1.165, 1.54) is 0 Å². The van der Waals surface area contributed by atoms with Gasteiger partial charge in [-0.05, 0) is 0 Å². The van der Waals surface area contributed by atoms with Crippen LogP contribution in [0.2, 0.25) is 0 Å². The lowest BCUT2D eigenvalue weighted by atomic mass is 11.0. The van der Waals surface area contributed by atoms with E-state index in [4.69, 9.17) is 0 Å². The van der Waals surface area contributed by atoms with E-state index in [0.29, 0.717) is 0 Å². The topological polar surface area (TPSA) is 0 Å². The second kappa shape index (κ2) is 0. The molecule has 0 saturated carbocycles. The maximum absolute atomic E-state index is 2.00. The molecule has 0 aromatic heterocycles. The van der Waals surface area contributed by atoms with E-state index in [1.807, 2.05) is 111 Å². The molecule has 0 rings (SSSR count). The van der Waals surface area contributed by atoms with Gasteiger partial charge in [0, 0.05) is 0 Å². The molecular weight excluding hydrogens is 192 g/mol. The van der Waals surface area contributed by atoms with Crippen LogP contribution >= 0.6 is 0 Å². The molecule has 0 nitrogen and oxygen atoms in total. The number of rotatable bonds is 0. The van der Waals surface area contributed by atoms with E-state index in [-0.39, 0.29) is 0 Å². The van der Waals surface area contributed by atoms with E-state index >= 15 is 0 Å². The Morgan fingerprint density at radius 2 is 0.125 bits per heavy atom. The van der Waals surface area contributed by atoms with E-state index in [0.717, 1.165) is 0 Å². The molecule has 0 heteroatoms. The van der Waals surface area contributed by atoms with Crippen LogP contribution in [0.4, 0.5) is 0 Å². The van der Waals surface area contributed by atoms with Crippen LogP contribution in [0, 0.1) is 0 Å². The summed E-state index contributed by atoms with van der Waals surface area (Å²) in [5.41, 5.74) is 0. The first kappa shape index (κ1) is 56.2. The quantitative estimate of drug-likeness (QED) is 0.400. The first-order chi connectivity index (χ1) is 8.00. The SMILES string of the molecule is CC.CC.CC.CC.CC.CC.CC.CC. The van der Waals surface area contributed by atoms with Crippen LogP contribution in [0.15, 0.2) is 0 Å². The maximum atomic E-state index is 2.00. The summed E-state index contributed by atoms with van der Waals surface area (Å²) >= 11 is 0. The highest BCUT2D eigenvalue weighted by atomic mass is 13.0. The van der Waals surface area contributed by atoms with E-state index in [9.17, 15) is 0 Å². The summed E-state index contributed by atoms with van der Waals surface area (Å²) < 4.78 is 0. The lowest BCUT2D eigenvalue weighted by Crippen LogP contribution is -0.856. The average Bonchev–Trinajstić information content (AvgIpc) is 2.54. The van der Waals surface area contributed by atoms with E-state index in [1.54, 1.807) is 0 Å². The van der Waals surface area contributed by atoms with Crippen molar-refractivity contribution in [2.45, 2.75) is 111 Å². The third-order valence-corrected chi connectivity index (χ3v) is 0. The molecule has 0 heterocycles. The molecule has 0 fully saturated rings. The van der Waals surface area contributed by atoms with Crippen LogP contribution < -0.4 is 0 Å². The molecule has 0 amide bonds. The molecule has 0 aliphatic heterocycles. The Balaban J connectivity index is -0.00000000762. The Morgan fingerprint density at radius 1 is 0.125 bits per heavy atom. The molecule has 112 valence electrons. The highest BCUT2D eigenvalue weighted by molar-refractivity contribution is 3.52. The first-order valence-corrected chi connectivity index (χ1v) is 8.00. The Hall–Kier alpha value is 0. The molecule has 0 aliphatic rings. The molecule has 16 heavy (non-hydrogen) atoms. The van der Waals surface area contributed by atoms with Crippen molar-refractivity contribution < 1.29 is 0 Å². The Bertz CT molecular complexity index is 0. The summed E-state index contributed by atoms with van der Waals surface area (Å²) in [7, 11) is 0. The van der Waals surface area contributed by atoms with Gasteiger partial charge in [-0.2, -0.15) is 0 Å². The van der Waals surface area contributed by atoms with Gasteiger partial charge >= 0.3 is 0 Å². The largest absolute Gasteiger partial charge is 0.0683 e. The first-order valence-electron chi connectivity index (χ1n) is 8.00. The molecule has 0 aromatic carbocycles. The van der Waals surface area contributed by atoms with Crippen LogP contribution in [-0.4, -0.2) is 0 Å². The van der Waals surface area contributed by atoms with Gasteiger partial charge in [0.1, 0.15) is 0 Å². The summed E-state index contributed by atoms with van der Waals surface area (Å²) in [5, 5.41) is 0. The normalized spacial score (nSPS) is 3.00. The van der Waals surface area contributed by atoms with Gasteiger partial charge < -0.3 is 0 Å². The fourth-order valence-corrected chi connectivity index (χ4v) is 0. The third-order valence-electron chi connectivity index (χ3n) is 0. The minimum Gasteiger partial charge on any atom is -0.0683 e. The Labute approximate surface area is 111 Å². The van der Waals surface area contributed by atoms with Gasteiger partial charge in [0.15, 0.2) is 0 Å². The molecule has 0 bridgehead atoms. The second-order valence-corrected chi connectivity index (χ2v) is 0. The molecule has 0 unspecified atom stereocenters. The zero-order valence-corrected chi connectivity index (χ0v) is 16.0. The number of hydrogen-bond donors (Lipinski definition) is 0. The van der Waals surface area contributed by atoms with Crippen LogP contribution in [0.25, 0.3) is 0 Å². The monoisotopic (exact) mass is 240 g/mol. The summed E-state index contributed by atoms with van der Waals surface area (Å²) in [6.07, 6.45) is 0. The molecule has 0 spiro atoms. The molecule has 0 aliphatic carbocycles. The molecule has 0 N–H and O–H groups in total. The molecule has 0 radical (unpaired) electrons. The highest BCUT2D eigenvalue weighted by Gasteiger charge is 0.946. The molecule has 0 saturated heterocycles. The predicted octanol–water partition coefficient (Wildman–Crippen LogP) is 8.21. The predicted molar refractivity (Wildman–Crippen MR) is 90.8 cm³/mol. The average molecular weight is 241 g/mol. The molecular formula is C16H48. The van der Waals surface area contributed by atoms with Gasteiger partial charge in [-0.3, -0.25) is 0 Å². The van der Waals surface area contributed by atoms with Crippen LogP contribution in [-0.2, 0) is 0 Å². The van der Waals surface area contributed by atoms with Crippen LogP contribution in [0.5, 0.6) is 0 Å². The fourth-order valence-electron chi connectivity index (χ4n) is 0. The number of hydrogen-bond acceptors (Lipinski definition) is 0. The van der Waals surface area contributed by atoms with Crippen LogP contribution in [0.1, 0.15) is 111 Å². The molecule has 0 atom stereocenters. The van der Waals surface area contributed by atoms with Crippen molar-refractivity contribution in [3.8, 4) is 0 Å². The fraction of sp³-hybridized carbons (Fsp3) is 1.00. The lowest BCUT2D eigenvalue weighted by Gasteiger charge is -1.07. The van der Waals surface area contributed by atoms with Crippen molar-refractivity contribution in [2.75, 3.05) is 0 Å². The summed E-state index contributed by atoms with van der Waals surface area (Å²) in [6, 6.07) is 0. The summed E-state index contributed by atoms with van der Waals surface area (Å²) in [4.78, 5) is 0. The zero-order valence-electron chi connectivity index (χ0n) is 16.0. The van der Waals surface area contributed by atoms with Gasteiger partial charge in [-0.1, -0.05) is 111 Å². The summed E-state index contributed by atoms with van der Waals surface area (Å²) in [5.74, 6) is 0. The van der Waals surface area contributed by atoms with Crippen molar-refractivity contribution in [2.24, 2.45) is 0 Å². The van der Waals surface area contributed by atoms with Gasteiger partial charge in [-0.25, -0.2) is 0 Å². The van der Waals surface area contributed by atoms with Crippen molar-refractivity contribution in [3.05, 3.63) is 0 Å². The van der Waals surface area contributed by atoms with Crippen molar-refractivity contribution in [1.29, 1.82) is 0 Å². The van der Waals surface area contributed by atoms with Gasteiger partial charge in [0.2, 0.25) is 0 Å². The van der Waals surface area contributed by atoms with E-state index < -0.39 is 0 Å². The maximum Gasteiger partial charge on any atom is -0.0683 e. The third kappa shape index (κ3) is 0. The minimum atomic E-state index is 2.00. The van der Waals surface area contributed by atoms with Gasteiger partial charge in [0.05, 0.1) is 0 Å². The van der Waals surface area contributed by atoms with Crippen molar-refractivity contribution in [3.63, 3.8) is 0 Å². The van der Waals surface area contributed by atoms with E-state index in [2.05, 4.69) is 0 Å². The van der Waals surface area contributed by atoms with Crippen molar-refractivity contribution >= 4 is 0 Å². The highest BCUT2D eigenvalue weighted by Crippen LogP contribution is 1.16. The Morgan fingerprint density at radius 3 is 0.125 bits per heavy atom. The second-order valence-electron chi connectivity index (χ2n) is 0. The Kier molecular flexibility index (Phi) is 0. The minimum absolute atomic E-state index is 2.00. The summed E-state index contributed by atoms with van der Waals surface area (Å²) in [6.45, 7) is 32.0. The smallest absolute Gasteiger partial charge is 0.0683 e. The zero-order chi connectivity index (χ0) is 16.0. The van der Waals surface area contributed by atoms with Crippen molar-refractivity contribution in [1.82, 2.24) is 0 Å². The van der Waals surface area contributed by atoms with Gasteiger partial charge in [-0.15, -0.1) is 0 Å².